The van der Waals surface area contributed by atoms with Crippen LogP contribution in [-0.4, -0.2) is 14.7 Å². The van der Waals surface area contributed by atoms with Gasteiger partial charge in [0.2, 0.25) is 9.76 Å². The molecule has 124 valence electrons. The highest BCUT2D eigenvalue weighted by Crippen LogP contribution is 2.24. The molecular weight excluding hydrogens is 330 g/mol. The van der Waals surface area contributed by atoms with E-state index in [9.17, 15) is 10.1 Å². The van der Waals surface area contributed by atoms with E-state index in [2.05, 4.69) is 24.3 Å². The third-order valence-electron chi connectivity index (χ3n) is 3.85. The van der Waals surface area contributed by atoms with Crippen LogP contribution in [-0.2, 0) is 11.0 Å². The fourth-order valence-electron chi connectivity index (χ4n) is 2.54. The standard InChI is InChI=1S/C20H17NO3Si/c22-21(23)19-13-11-16(12-14-19)15-24-25-20(17-7-3-1-4-8-17)18-9-5-2-6-10-18/h1-14,20H,15H2. The first-order valence-corrected chi connectivity index (χ1v) is 8.93. The molecular formula is C20H17NO3Si. The molecule has 0 aromatic heterocycles. The fourth-order valence-corrected chi connectivity index (χ4v) is 3.62. The van der Waals surface area contributed by atoms with Crippen LogP contribution in [0.4, 0.5) is 5.69 Å². The zero-order valence-corrected chi connectivity index (χ0v) is 14.5. The highest BCUT2D eigenvalue weighted by Gasteiger charge is 2.16. The highest BCUT2D eigenvalue weighted by molar-refractivity contribution is 6.31. The Balaban J connectivity index is 1.68. The van der Waals surface area contributed by atoms with E-state index in [1.807, 2.05) is 36.4 Å². The van der Waals surface area contributed by atoms with Gasteiger partial charge in [-0.05, 0) is 28.8 Å². The van der Waals surface area contributed by atoms with Crippen LogP contribution >= 0.6 is 0 Å². The lowest BCUT2D eigenvalue weighted by Gasteiger charge is -2.16. The third-order valence-corrected chi connectivity index (χ3v) is 5.07. The number of hydrogen-bond acceptors (Lipinski definition) is 3. The lowest BCUT2D eigenvalue weighted by Crippen LogP contribution is -2.13. The summed E-state index contributed by atoms with van der Waals surface area (Å²) in [7, 11) is 0.262. The maximum atomic E-state index is 10.7. The molecule has 0 bridgehead atoms. The van der Waals surface area contributed by atoms with Crippen molar-refractivity contribution in [2.75, 3.05) is 0 Å². The normalized spacial score (nSPS) is 10.8. The van der Waals surface area contributed by atoms with E-state index in [-0.39, 0.29) is 21.0 Å². The molecule has 0 saturated heterocycles. The van der Waals surface area contributed by atoms with E-state index >= 15 is 0 Å². The Morgan fingerprint density at radius 3 is 1.84 bits per heavy atom. The molecule has 3 aromatic rings. The van der Waals surface area contributed by atoms with Crippen molar-refractivity contribution in [1.82, 2.24) is 0 Å². The summed E-state index contributed by atoms with van der Waals surface area (Å²) in [6.45, 7) is 0.437. The van der Waals surface area contributed by atoms with Gasteiger partial charge >= 0.3 is 0 Å². The Bertz CT molecular complexity index is 768. The summed E-state index contributed by atoms with van der Waals surface area (Å²) >= 11 is 0. The number of non-ortho nitro benzene ring substituents is 1. The van der Waals surface area contributed by atoms with Gasteiger partial charge in [0.05, 0.1) is 11.5 Å². The van der Waals surface area contributed by atoms with Crippen LogP contribution in [0.5, 0.6) is 0 Å². The molecule has 2 radical (unpaired) electrons. The van der Waals surface area contributed by atoms with Gasteiger partial charge in [0, 0.05) is 17.7 Å². The van der Waals surface area contributed by atoms with Crippen molar-refractivity contribution in [3.63, 3.8) is 0 Å². The molecule has 0 saturated carbocycles. The van der Waals surface area contributed by atoms with Crippen molar-refractivity contribution in [3.8, 4) is 0 Å². The molecule has 25 heavy (non-hydrogen) atoms. The topological polar surface area (TPSA) is 52.4 Å². The van der Waals surface area contributed by atoms with Crippen molar-refractivity contribution in [1.29, 1.82) is 0 Å². The molecule has 0 aliphatic rings. The van der Waals surface area contributed by atoms with Gasteiger partial charge in [-0.3, -0.25) is 10.1 Å². The zero-order chi connectivity index (χ0) is 17.5. The van der Waals surface area contributed by atoms with Gasteiger partial charge in [-0.15, -0.1) is 0 Å². The van der Waals surface area contributed by atoms with Crippen molar-refractivity contribution >= 4 is 15.5 Å². The Labute approximate surface area is 149 Å². The van der Waals surface area contributed by atoms with Crippen LogP contribution < -0.4 is 0 Å². The molecule has 0 heterocycles. The van der Waals surface area contributed by atoms with Crippen LogP contribution in [0.25, 0.3) is 0 Å². The molecule has 3 aromatic carbocycles. The van der Waals surface area contributed by atoms with Gasteiger partial charge in [-0.25, -0.2) is 0 Å². The molecule has 4 nitrogen and oxygen atoms in total. The molecule has 0 amide bonds. The number of hydrogen-bond donors (Lipinski definition) is 0. The van der Waals surface area contributed by atoms with Crippen LogP contribution in [0.1, 0.15) is 22.2 Å². The summed E-state index contributed by atoms with van der Waals surface area (Å²) in [5, 5.41) is 10.7. The first-order chi connectivity index (χ1) is 12.2. The zero-order valence-electron chi connectivity index (χ0n) is 13.5. The van der Waals surface area contributed by atoms with E-state index in [1.54, 1.807) is 12.1 Å². The Morgan fingerprint density at radius 2 is 1.36 bits per heavy atom. The monoisotopic (exact) mass is 347 g/mol. The minimum absolute atomic E-state index is 0.0950. The molecule has 0 unspecified atom stereocenters. The first-order valence-electron chi connectivity index (χ1n) is 7.94. The van der Waals surface area contributed by atoms with E-state index < -0.39 is 4.92 Å². The second kappa shape index (κ2) is 8.37. The summed E-state index contributed by atoms with van der Waals surface area (Å²) in [4.78, 5) is 10.3. The summed E-state index contributed by atoms with van der Waals surface area (Å²) in [6.07, 6.45) is 0. The smallest absolute Gasteiger partial charge is 0.269 e. The maximum Gasteiger partial charge on any atom is 0.269 e. The predicted octanol–water partition coefficient (Wildman–Crippen LogP) is 4.52. The van der Waals surface area contributed by atoms with Crippen LogP contribution in [0.2, 0.25) is 0 Å². The van der Waals surface area contributed by atoms with Crippen molar-refractivity contribution in [2.45, 2.75) is 12.1 Å². The summed E-state index contributed by atoms with van der Waals surface area (Å²) in [6, 6.07) is 27.1. The number of benzene rings is 3. The minimum atomic E-state index is -0.396. The van der Waals surface area contributed by atoms with E-state index in [1.165, 1.54) is 23.3 Å². The first kappa shape index (κ1) is 17.1. The van der Waals surface area contributed by atoms with Gasteiger partial charge in [0.25, 0.3) is 5.69 Å². The third kappa shape index (κ3) is 4.62. The average molecular weight is 347 g/mol. The highest BCUT2D eigenvalue weighted by atomic mass is 28.2. The second-order valence-electron chi connectivity index (χ2n) is 5.58. The maximum absolute atomic E-state index is 10.7. The van der Waals surface area contributed by atoms with Crippen molar-refractivity contribution < 1.29 is 9.35 Å². The van der Waals surface area contributed by atoms with E-state index in [0.29, 0.717) is 6.61 Å². The summed E-state index contributed by atoms with van der Waals surface area (Å²) in [5.41, 5.74) is 3.64. The Hall–Kier alpha value is -2.76. The summed E-state index contributed by atoms with van der Waals surface area (Å²) < 4.78 is 5.95. The molecule has 5 heteroatoms. The molecule has 0 N–H and O–H groups in total. The SMILES string of the molecule is O=[N+]([O-])c1ccc(CO[Si]C(c2ccccc2)c2ccccc2)cc1. The van der Waals surface area contributed by atoms with Crippen molar-refractivity contribution in [2.24, 2.45) is 0 Å². The molecule has 3 rings (SSSR count). The average Bonchev–Trinajstić information content (AvgIpc) is 2.67. The predicted molar refractivity (Wildman–Crippen MR) is 98.4 cm³/mol. The van der Waals surface area contributed by atoms with Gasteiger partial charge < -0.3 is 4.43 Å². The lowest BCUT2D eigenvalue weighted by molar-refractivity contribution is -0.384. The van der Waals surface area contributed by atoms with E-state index in [4.69, 9.17) is 4.43 Å². The fraction of sp³-hybridized carbons (Fsp3) is 0.100. The lowest BCUT2D eigenvalue weighted by atomic mass is 10.0. The second-order valence-corrected chi connectivity index (χ2v) is 6.69. The molecule has 0 aliphatic carbocycles. The van der Waals surface area contributed by atoms with Gasteiger partial charge in [0.1, 0.15) is 0 Å². The van der Waals surface area contributed by atoms with Crippen LogP contribution in [0.15, 0.2) is 84.9 Å². The molecule has 0 spiro atoms. The van der Waals surface area contributed by atoms with Crippen LogP contribution in [0, 0.1) is 10.1 Å². The van der Waals surface area contributed by atoms with Gasteiger partial charge in [0.15, 0.2) is 0 Å². The largest absolute Gasteiger partial charge is 0.412 e. The Morgan fingerprint density at radius 1 is 0.840 bits per heavy atom. The van der Waals surface area contributed by atoms with Crippen molar-refractivity contribution in [3.05, 3.63) is 112 Å². The van der Waals surface area contributed by atoms with Gasteiger partial charge in [-0.2, -0.15) is 0 Å². The number of nitro benzene ring substituents is 1. The summed E-state index contributed by atoms with van der Waals surface area (Å²) in [5.74, 6) is 0. The minimum Gasteiger partial charge on any atom is -0.412 e. The number of nitrogens with zero attached hydrogens (tertiary/aromatic N) is 1. The molecule has 0 fully saturated rings. The quantitative estimate of drug-likeness (QED) is 0.359. The van der Waals surface area contributed by atoms with E-state index in [0.717, 1.165) is 5.56 Å². The molecule has 0 atom stereocenters. The number of nitro groups is 1. The Kier molecular flexibility index (Phi) is 5.72. The van der Waals surface area contributed by atoms with Crippen LogP contribution in [0.3, 0.4) is 0 Å². The molecule has 0 aliphatic heterocycles. The van der Waals surface area contributed by atoms with Gasteiger partial charge in [-0.1, -0.05) is 60.7 Å². The number of rotatable bonds is 7.